The zero-order chi connectivity index (χ0) is 14.2. The molecule has 0 unspecified atom stereocenters. The molecular formula is C17H26N2O. The number of carbonyl (C=O) groups excluding carboxylic acids is 1. The lowest BCUT2D eigenvalue weighted by Crippen LogP contribution is -2.44. The van der Waals surface area contributed by atoms with Crippen molar-refractivity contribution in [3.63, 3.8) is 0 Å². The monoisotopic (exact) mass is 274 g/mol. The van der Waals surface area contributed by atoms with E-state index in [9.17, 15) is 4.79 Å². The number of carbonyl (C=O) groups is 1. The van der Waals surface area contributed by atoms with Gasteiger partial charge in [0.2, 0.25) is 5.91 Å². The van der Waals surface area contributed by atoms with Crippen LogP contribution >= 0.6 is 0 Å². The van der Waals surface area contributed by atoms with Gasteiger partial charge in [0.1, 0.15) is 0 Å². The molecule has 110 valence electrons. The highest BCUT2D eigenvalue weighted by Gasteiger charge is 2.18. The van der Waals surface area contributed by atoms with Gasteiger partial charge < -0.3 is 10.6 Å². The molecule has 1 aromatic carbocycles. The molecule has 0 radical (unpaired) electrons. The number of hydrogen-bond donors (Lipinski definition) is 2. The second-order valence-corrected chi connectivity index (χ2v) is 5.79. The van der Waals surface area contributed by atoms with Gasteiger partial charge in [0.25, 0.3) is 0 Å². The summed E-state index contributed by atoms with van der Waals surface area (Å²) in [5.74, 6) is 0.0539. The summed E-state index contributed by atoms with van der Waals surface area (Å²) in [5, 5.41) is 6.45. The molecule has 0 aliphatic heterocycles. The molecule has 20 heavy (non-hydrogen) atoms. The highest BCUT2D eigenvalue weighted by molar-refractivity contribution is 5.94. The Morgan fingerprint density at radius 1 is 1.05 bits per heavy atom. The van der Waals surface area contributed by atoms with E-state index in [1.807, 2.05) is 37.3 Å². The maximum atomic E-state index is 12.2. The van der Waals surface area contributed by atoms with Crippen molar-refractivity contribution in [3.05, 3.63) is 30.3 Å². The molecule has 2 rings (SSSR count). The summed E-state index contributed by atoms with van der Waals surface area (Å²) in [4.78, 5) is 12.2. The third-order valence-electron chi connectivity index (χ3n) is 4.03. The Morgan fingerprint density at radius 2 is 1.65 bits per heavy atom. The van der Waals surface area contributed by atoms with Crippen LogP contribution in [0.2, 0.25) is 0 Å². The van der Waals surface area contributed by atoms with Gasteiger partial charge in [-0.1, -0.05) is 50.3 Å². The van der Waals surface area contributed by atoms with Crippen molar-refractivity contribution in [3.8, 4) is 0 Å². The van der Waals surface area contributed by atoms with Gasteiger partial charge in [0.15, 0.2) is 0 Å². The molecule has 2 N–H and O–H groups in total. The van der Waals surface area contributed by atoms with E-state index < -0.39 is 0 Å². The van der Waals surface area contributed by atoms with Crippen molar-refractivity contribution in [1.82, 2.24) is 5.32 Å². The van der Waals surface area contributed by atoms with Gasteiger partial charge in [0, 0.05) is 11.7 Å². The molecule has 3 nitrogen and oxygen atoms in total. The normalized spacial score (nSPS) is 18.9. The van der Waals surface area contributed by atoms with Crippen LogP contribution in [-0.2, 0) is 4.79 Å². The Kier molecular flexibility index (Phi) is 6.06. The van der Waals surface area contributed by atoms with Crippen LogP contribution in [-0.4, -0.2) is 18.0 Å². The van der Waals surface area contributed by atoms with E-state index in [1.54, 1.807) is 0 Å². The SMILES string of the molecule is C[C@@H](NC1CCCCCCC1)C(=O)Nc1ccccc1. The Hall–Kier alpha value is -1.35. The van der Waals surface area contributed by atoms with Crippen molar-refractivity contribution in [1.29, 1.82) is 0 Å². The van der Waals surface area contributed by atoms with E-state index in [0.29, 0.717) is 6.04 Å². The third kappa shape index (κ3) is 4.97. The number of rotatable bonds is 4. The third-order valence-corrected chi connectivity index (χ3v) is 4.03. The van der Waals surface area contributed by atoms with Crippen LogP contribution < -0.4 is 10.6 Å². The van der Waals surface area contributed by atoms with Gasteiger partial charge in [-0.05, 0) is 31.9 Å². The van der Waals surface area contributed by atoms with Crippen LogP contribution in [0.5, 0.6) is 0 Å². The second-order valence-electron chi connectivity index (χ2n) is 5.79. The molecule has 3 heteroatoms. The number of anilines is 1. The van der Waals surface area contributed by atoms with Crippen molar-refractivity contribution in [2.45, 2.75) is 64.0 Å². The minimum absolute atomic E-state index is 0.0539. The fourth-order valence-electron chi connectivity index (χ4n) is 2.82. The Morgan fingerprint density at radius 3 is 2.30 bits per heavy atom. The molecule has 0 heterocycles. The van der Waals surface area contributed by atoms with E-state index in [2.05, 4.69) is 10.6 Å². The molecule has 1 saturated carbocycles. The Labute approximate surface area is 122 Å². The molecule has 0 saturated heterocycles. The maximum absolute atomic E-state index is 12.2. The summed E-state index contributed by atoms with van der Waals surface area (Å²) in [6.07, 6.45) is 9.00. The molecule has 1 fully saturated rings. The van der Waals surface area contributed by atoms with Crippen LogP contribution in [0.15, 0.2) is 30.3 Å². The summed E-state index contributed by atoms with van der Waals surface area (Å²) >= 11 is 0. The fourth-order valence-corrected chi connectivity index (χ4v) is 2.82. The lowest BCUT2D eigenvalue weighted by molar-refractivity contribution is -0.118. The van der Waals surface area contributed by atoms with E-state index in [-0.39, 0.29) is 11.9 Å². The van der Waals surface area contributed by atoms with E-state index >= 15 is 0 Å². The molecule has 0 aromatic heterocycles. The lowest BCUT2D eigenvalue weighted by atomic mass is 9.96. The average molecular weight is 274 g/mol. The smallest absolute Gasteiger partial charge is 0.241 e. The molecule has 0 bridgehead atoms. The molecule has 1 atom stereocenters. The van der Waals surface area contributed by atoms with Crippen molar-refractivity contribution in [2.24, 2.45) is 0 Å². The first-order chi connectivity index (χ1) is 9.75. The first kappa shape index (κ1) is 15.0. The zero-order valence-corrected chi connectivity index (χ0v) is 12.4. The molecular weight excluding hydrogens is 248 g/mol. The molecule has 1 aromatic rings. The van der Waals surface area contributed by atoms with Gasteiger partial charge in [-0.25, -0.2) is 0 Å². The summed E-state index contributed by atoms with van der Waals surface area (Å²) in [6, 6.07) is 10.0. The van der Waals surface area contributed by atoms with Crippen LogP contribution in [0.1, 0.15) is 51.9 Å². The van der Waals surface area contributed by atoms with Crippen LogP contribution in [0.4, 0.5) is 5.69 Å². The topological polar surface area (TPSA) is 41.1 Å². The van der Waals surface area contributed by atoms with E-state index in [0.717, 1.165) is 5.69 Å². The zero-order valence-electron chi connectivity index (χ0n) is 12.4. The molecule has 1 aliphatic carbocycles. The van der Waals surface area contributed by atoms with Crippen LogP contribution in [0.3, 0.4) is 0 Å². The predicted molar refractivity (Wildman–Crippen MR) is 83.8 cm³/mol. The summed E-state index contributed by atoms with van der Waals surface area (Å²) < 4.78 is 0. The minimum atomic E-state index is -0.139. The summed E-state index contributed by atoms with van der Waals surface area (Å²) in [7, 11) is 0. The van der Waals surface area contributed by atoms with Gasteiger partial charge >= 0.3 is 0 Å². The molecule has 1 amide bonds. The standard InChI is InChI=1S/C17H26N2O/c1-14(17(20)19-16-12-8-5-9-13-16)18-15-10-6-3-2-4-7-11-15/h5,8-9,12-15,18H,2-4,6-7,10-11H2,1H3,(H,19,20)/t14-/m1/s1. The van der Waals surface area contributed by atoms with Gasteiger partial charge in [-0.3, -0.25) is 4.79 Å². The number of amides is 1. The second kappa shape index (κ2) is 8.05. The minimum Gasteiger partial charge on any atom is -0.325 e. The summed E-state index contributed by atoms with van der Waals surface area (Å²) in [5.41, 5.74) is 0.865. The first-order valence-corrected chi connectivity index (χ1v) is 7.87. The first-order valence-electron chi connectivity index (χ1n) is 7.87. The van der Waals surface area contributed by atoms with Crippen molar-refractivity contribution >= 4 is 11.6 Å². The van der Waals surface area contributed by atoms with Crippen molar-refractivity contribution in [2.75, 3.05) is 5.32 Å². The van der Waals surface area contributed by atoms with Gasteiger partial charge in [0.05, 0.1) is 6.04 Å². The van der Waals surface area contributed by atoms with Crippen LogP contribution in [0.25, 0.3) is 0 Å². The van der Waals surface area contributed by atoms with Gasteiger partial charge in [-0.15, -0.1) is 0 Å². The van der Waals surface area contributed by atoms with E-state index in [4.69, 9.17) is 0 Å². The maximum Gasteiger partial charge on any atom is 0.241 e. The largest absolute Gasteiger partial charge is 0.325 e. The number of benzene rings is 1. The summed E-state index contributed by atoms with van der Waals surface area (Å²) in [6.45, 7) is 1.96. The van der Waals surface area contributed by atoms with E-state index in [1.165, 1.54) is 44.9 Å². The fraction of sp³-hybridized carbons (Fsp3) is 0.588. The van der Waals surface area contributed by atoms with Crippen molar-refractivity contribution < 1.29 is 4.79 Å². The Balaban J connectivity index is 1.80. The van der Waals surface area contributed by atoms with Gasteiger partial charge in [-0.2, -0.15) is 0 Å². The highest BCUT2D eigenvalue weighted by Crippen LogP contribution is 2.17. The average Bonchev–Trinajstić information content (AvgIpc) is 2.42. The lowest BCUT2D eigenvalue weighted by Gasteiger charge is -2.24. The van der Waals surface area contributed by atoms with Crippen LogP contribution in [0, 0.1) is 0 Å². The number of hydrogen-bond acceptors (Lipinski definition) is 2. The number of nitrogens with one attached hydrogen (secondary N) is 2. The predicted octanol–water partition coefficient (Wildman–Crippen LogP) is 3.72. The Bertz CT molecular complexity index is 397. The highest BCUT2D eigenvalue weighted by atomic mass is 16.2. The quantitative estimate of drug-likeness (QED) is 0.878. The number of para-hydroxylation sites is 1. The molecule has 1 aliphatic rings. The molecule has 0 spiro atoms.